The quantitative estimate of drug-likeness (QED) is 0.433. The molecule has 9 heavy (non-hydrogen) atoms. The first-order chi connectivity index (χ1) is 4.23. The second kappa shape index (κ2) is 1.95. The average molecular weight is 125 g/mol. The van der Waals surface area contributed by atoms with Crippen LogP contribution in [0, 0.1) is 5.92 Å². The van der Waals surface area contributed by atoms with Gasteiger partial charge in [0.25, 0.3) is 0 Å². The fourth-order valence-electron chi connectivity index (χ4n) is 0.909. The van der Waals surface area contributed by atoms with E-state index in [4.69, 9.17) is 0 Å². The maximum atomic E-state index is 9.32. The Morgan fingerprint density at radius 1 is 1.89 bits per heavy atom. The van der Waals surface area contributed by atoms with Crippen molar-refractivity contribution >= 4 is 6.21 Å². The zero-order valence-electron chi connectivity index (χ0n) is 5.54. The molecule has 0 aliphatic heterocycles. The molecule has 1 saturated carbocycles. The molecule has 0 heterocycles. The number of aliphatic imine (C=N–C) groups is 1. The molecule has 0 aromatic heterocycles. The van der Waals surface area contributed by atoms with E-state index in [9.17, 15) is 5.11 Å². The van der Waals surface area contributed by atoms with E-state index in [-0.39, 0.29) is 5.92 Å². The molecule has 1 aliphatic rings. The van der Waals surface area contributed by atoms with Gasteiger partial charge in [0.2, 0.25) is 0 Å². The second-order valence-electron chi connectivity index (χ2n) is 2.31. The minimum Gasteiger partial charge on any atom is -0.369 e. The Bertz CT molecular complexity index is 153. The highest BCUT2D eigenvalue weighted by atomic mass is 16.3. The molecule has 1 aliphatic carbocycles. The van der Waals surface area contributed by atoms with Crippen molar-refractivity contribution in [2.24, 2.45) is 10.9 Å². The summed E-state index contributed by atoms with van der Waals surface area (Å²) < 4.78 is 0. The van der Waals surface area contributed by atoms with Gasteiger partial charge in [-0.15, -0.1) is 6.58 Å². The Balaban J connectivity index is 2.51. The van der Waals surface area contributed by atoms with E-state index in [1.807, 2.05) is 0 Å². The number of hydrogen-bond acceptors (Lipinski definition) is 2. The van der Waals surface area contributed by atoms with Crippen molar-refractivity contribution in [3.63, 3.8) is 0 Å². The lowest BCUT2D eigenvalue weighted by Gasteiger charge is -1.97. The first kappa shape index (κ1) is 6.49. The summed E-state index contributed by atoms with van der Waals surface area (Å²) in [6.07, 6.45) is 4.11. The molecule has 2 nitrogen and oxygen atoms in total. The van der Waals surface area contributed by atoms with Crippen LogP contribution in [-0.2, 0) is 0 Å². The Morgan fingerprint density at radius 3 is 2.89 bits per heavy atom. The Morgan fingerprint density at radius 2 is 2.56 bits per heavy atom. The van der Waals surface area contributed by atoms with Gasteiger partial charge < -0.3 is 5.11 Å². The third-order valence-corrected chi connectivity index (χ3v) is 1.59. The Hall–Kier alpha value is -0.630. The second-order valence-corrected chi connectivity index (χ2v) is 2.31. The summed E-state index contributed by atoms with van der Waals surface area (Å²) in [6.45, 7) is 5.37. The molecule has 2 heteroatoms. The van der Waals surface area contributed by atoms with Gasteiger partial charge in [-0.2, -0.15) is 0 Å². The lowest BCUT2D eigenvalue weighted by atomic mass is 10.4. The van der Waals surface area contributed by atoms with Crippen LogP contribution in [0.5, 0.6) is 0 Å². The standard InChI is InChI=1S/C7H11NO/c1-3-6-5-7(6,9)8-4-2/h3-4,6,9H,1,5H2,2H3/b8-4+. The zero-order chi connectivity index (χ0) is 6.91. The van der Waals surface area contributed by atoms with Gasteiger partial charge in [-0.05, 0) is 13.1 Å². The summed E-state index contributed by atoms with van der Waals surface area (Å²) in [5.41, 5.74) is -0.781. The van der Waals surface area contributed by atoms with Crippen molar-refractivity contribution in [3.8, 4) is 0 Å². The Kier molecular flexibility index (Phi) is 1.41. The molecule has 1 N–H and O–H groups in total. The van der Waals surface area contributed by atoms with Gasteiger partial charge in [-0.3, -0.25) is 4.99 Å². The lowest BCUT2D eigenvalue weighted by molar-refractivity contribution is 0.150. The van der Waals surface area contributed by atoms with Crippen LogP contribution < -0.4 is 0 Å². The van der Waals surface area contributed by atoms with Crippen molar-refractivity contribution < 1.29 is 5.11 Å². The van der Waals surface area contributed by atoms with Crippen LogP contribution in [0.3, 0.4) is 0 Å². The van der Waals surface area contributed by atoms with Crippen molar-refractivity contribution in [1.82, 2.24) is 0 Å². The van der Waals surface area contributed by atoms with Crippen molar-refractivity contribution in [3.05, 3.63) is 12.7 Å². The molecular formula is C7H11NO. The average Bonchev–Trinajstić information content (AvgIpc) is 2.43. The molecule has 2 atom stereocenters. The maximum absolute atomic E-state index is 9.32. The van der Waals surface area contributed by atoms with Crippen molar-refractivity contribution in [1.29, 1.82) is 0 Å². The zero-order valence-corrected chi connectivity index (χ0v) is 5.54. The molecule has 0 spiro atoms. The monoisotopic (exact) mass is 125 g/mol. The van der Waals surface area contributed by atoms with Gasteiger partial charge >= 0.3 is 0 Å². The van der Waals surface area contributed by atoms with E-state index in [1.54, 1.807) is 19.2 Å². The van der Waals surface area contributed by atoms with Crippen LogP contribution in [0.1, 0.15) is 13.3 Å². The molecule has 0 aromatic rings. The maximum Gasteiger partial charge on any atom is 0.162 e. The molecule has 0 bridgehead atoms. The molecule has 0 aromatic carbocycles. The molecule has 0 saturated heterocycles. The summed E-state index contributed by atoms with van der Waals surface area (Å²) in [6, 6.07) is 0. The van der Waals surface area contributed by atoms with Gasteiger partial charge in [0.1, 0.15) is 0 Å². The van der Waals surface area contributed by atoms with Crippen molar-refractivity contribution in [2.45, 2.75) is 19.1 Å². The summed E-state index contributed by atoms with van der Waals surface area (Å²) >= 11 is 0. The highest BCUT2D eigenvalue weighted by Gasteiger charge is 2.50. The topological polar surface area (TPSA) is 32.6 Å². The summed E-state index contributed by atoms with van der Waals surface area (Å²) in [7, 11) is 0. The lowest BCUT2D eigenvalue weighted by Crippen LogP contribution is -2.04. The van der Waals surface area contributed by atoms with Crippen LogP contribution in [0.25, 0.3) is 0 Å². The fraction of sp³-hybridized carbons (Fsp3) is 0.571. The minimum absolute atomic E-state index is 0.189. The van der Waals surface area contributed by atoms with E-state index in [2.05, 4.69) is 11.6 Å². The highest BCUT2D eigenvalue weighted by Crippen LogP contribution is 2.44. The smallest absolute Gasteiger partial charge is 0.162 e. The number of hydrogen-bond donors (Lipinski definition) is 1. The van der Waals surface area contributed by atoms with Crippen LogP contribution in [-0.4, -0.2) is 17.0 Å². The van der Waals surface area contributed by atoms with Gasteiger partial charge in [0.15, 0.2) is 5.72 Å². The molecule has 2 unspecified atom stereocenters. The number of aliphatic hydroxyl groups is 1. The van der Waals surface area contributed by atoms with Gasteiger partial charge in [0.05, 0.1) is 0 Å². The Labute approximate surface area is 54.9 Å². The predicted molar refractivity (Wildman–Crippen MR) is 37.4 cm³/mol. The van der Waals surface area contributed by atoms with E-state index < -0.39 is 5.72 Å². The molecule has 1 rings (SSSR count). The molecule has 0 amide bonds. The van der Waals surface area contributed by atoms with Gasteiger partial charge in [-0.1, -0.05) is 6.08 Å². The SMILES string of the molecule is C=CC1CC1(O)/N=C/C. The molecular weight excluding hydrogens is 114 g/mol. The molecule has 50 valence electrons. The number of rotatable bonds is 2. The third-order valence-electron chi connectivity index (χ3n) is 1.59. The summed E-state index contributed by atoms with van der Waals surface area (Å²) in [5, 5.41) is 9.32. The first-order valence-electron chi connectivity index (χ1n) is 3.07. The van der Waals surface area contributed by atoms with E-state index in [0.29, 0.717) is 0 Å². The van der Waals surface area contributed by atoms with Crippen molar-refractivity contribution in [2.75, 3.05) is 0 Å². The van der Waals surface area contributed by atoms with Gasteiger partial charge in [-0.25, -0.2) is 0 Å². The third kappa shape index (κ3) is 1.03. The largest absolute Gasteiger partial charge is 0.369 e. The van der Waals surface area contributed by atoms with E-state index in [0.717, 1.165) is 6.42 Å². The van der Waals surface area contributed by atoms with E-state index in [1.165, 1.54) is 0 Å². The summed E-state index contributed by atoms with van der Waals surface area (Å²) in [4.78, 5) is 3.88. The van der Waals surface area contributed by atoms with Gasteiger partial charge in [0, 0.05) is 12.3 Å². The van der Waals surface area contributed by atoms with Crippen LogP contribution in [0.2, 0.25) is 0 Å². The predicted octanol–water partition coefficient (Wildman–Crippen LogP) is 0.972. The summed E-state index contributed by atoms with van der Waals surface area (Å²) in [5.74, 6) is 0.189. The molecule has 1 fully saturated rings. The fourth-order valence-corrected chi connectivity index (χ4v) is 0.909. The molecule has 0 radical (unpaired) electrons. The van der Waals surface area contributed by atoms with Crippen LogP contribution >= 0.6 is 0 Å². The minimum atomic E-state index is -0.781. The highest BCUT2D eigenvalue weighted by molar-refractivity contribution is 5.54. The van der Waals surface area contributed by atoms with E-state index >= 15 is 0 Å². The van der Waals surface area contributed by atoms with Crippen LogP contribution in [0.15, 0.2) is 17.6 Å². The first-order valence-corrected chi connectivity index (χ1v) is 3.07. The normalized spacial score (nSPS) is 41.3. The van der Waals surface area contributed by atoms with Crippen LogP contribution in [0.4, 0.5) is 0 Å². The number of nitrogens with zero attached hydrogens (tertiary/aromatic N) is 1.